The van der Waals surface area contributed by atoms with Crippen LogP contribution < -0.4 is 5.32 Å². The van der Waals surface area contributed by atoms with Crippen molar-refractivity contribution in [1.29, 1.82) is 0 Å². The molecule has 1 aliphatic heterocycles. The fraction of sp³-hybridized carbons (Fsp3) is 0.667. The van der Waals surface area contributed by atoms with Crippen molar-refractivity contribution in [3.8, 4) is 0 Å². The van der Waals surface area contributed by atoms with Gasteiger partial charge in [0.25, 0.3) is 5.91 Å². The van der Waals surface area contributed by atoms with E-state index in [0.29, 0.717) is 13.2 Å². The van der Waals surface area contributed by atoms with Crippen molar-refractivity contribution in [3.63, 3.8) is 0 Å². The number of aromatic nitrogens is 1. The summed E-state index contributed by atoms with van der Waals surface area (Å²) in [7, 11) is 3.67. The molecule has 112 valence electrons. The lowest BCUT2D eigenvalue weighted by atomic mass is 9.90. The van der Waals surface area contributed by atoms with Crippen LogP contribution >= 0.6 is 0 Å². The van der Waals surface area contributed by atoms with Gasteiger partial charge in [-0.3, -0.25) is 4.79 Å². The standard InChI is InChI=1S/C15H25N3O2/c1-15(16-2)6-9-18(10-7-15)14(19)13-5-4-8-17(13)11-12-20-3/h4-5,8,16H,6-7,9-12H2,1-3H3. The number of likely N-dealkylation sites (tertiary alicyclic amines) is 1. The highest BCUT2D eigenvalue weighted by Gasteiger charge is 2.31. The Hall–Kier alpha value is -1.33. The highest BCUT2D eigenvalue weighted by molar-refractivity contribution is 5.92. The Morgan fingerprint density at radius 1 is 1.45 bits per heavy atom. The Morgan fingerprint density at radius 3 is 2.75 bits per heavy atom. The quantitative estimate of drug-likeness (QED) is 0.885. The van der Waals surface area contributed by atoms with Crippen molar-refractivity contribution in [2.24, 2.45) is 0 Å². The van der Waals surface area contributed by atoms with E-state index in [1.54, 1.807) is 7.11 Å². The van der Waals surface area contributed by atoms with E-state index in [0.717, 1.165) is 31.6 Å². The summed E-state index contributed by atoms with van der Waals surface area (Å²) >= 11 is 0. The molecule has 1 aromatic heterocycles. The molecule has 20 heavy (non-hydrogen) atoms. The van der Waals surface area contributed by atoms with Gasteiger partial charge >= 0.3 is 0 Å². The molecule has 2 heterocycles. The van der Waals surface area contributed by atoms with Crippen molar-refractivity contribution in [1.82, 2.24) is 14.8 Å². The Kier molecular flexibility index (Phi) is 4.83. The molecule has 1 aliphatic rings. The van der Waals surface area contributed by atoms with Crippen molar-refractivity contribution >= 4 is 5.91 Å². The largest absolute Gasteiger partial charge is 0.383 e. The molecule has 2 rings (SSSR count). The monoisotopic (exact) mass is 279 g/mol. The molecule has 1 aromatic rings. The van der Waals surface area contributed by atoms with Crippen LogP contribution in [0.3, 0.4) is 0 Å². The average molecular weight is 279 g/mol. The van der Waals surface area contributed by atoms with Crippen molar-refractivity contribution in [2.75, 3.05) is 33.9 Å². The first-order valence-electron chi connectivity index (χ1n) is 7.22. The van der Waals surface area contributed by atoms with E-state index in [1.807, 2.05) is 34.8 Å². The molecule has 1 N–H and O–H groups in total. The van der Waals surface area contributed by atoms with Gasteiger partial charge < -0.3 is 19.5 Å². The summed E-state index contributed by atoms with van der Waals surface area (Å²) in [6.45, 7) is 5.17. The number of piperidine rings is 1. The number of rotatable bonds is 5. The number of carbonyl (C=O) groups excluding carboxylic acids is 1. The van der Waals surface area contributed by atoms with Crippen molar-refractivity contribution in [3.05, 3.63) is 24.0 Å². The molecule has 0 atom stereocenters. The summed E-state index contributed by atoms with van der Waals surface area (Å²) in [4.78, 5) is 14.5. The van der Waals surface area contributed by atoms with Crippen LogP contribution in [0.1, 0.15) is 30.3 Å². The van der Waals surface area contributed by atoms with Gasteiger partial charge in [0.2, 0.25) is 0 Å². The summed E-state index contributed by atoms with van der Waals surface area (Å²) < 4.78 is 7.05. The van der Waals surface area contributed by atoms with E-state index in [4.69, 9.17) is 4.74 Å². The third kappa shape index (κ3) is 3.22. The lowest BCUT2D eigenvalue weighted by Crippen LogP contribution is -2.51. The first-order chi connectivity index (χ1) is 9.59. The van der Waals surface area contributed by atoms with Crippen molar-refractivity contribution < 1.29 is 9.53 Å². The van der Waals surface area contributed by atoms with Crippen LogP contribution in [-0.2, 0) is 11.3 Å². The number of nitrogens with one attached hydrogen (secondary N) is 1. The van der Waals surface area contributed by atoms with Crippen LogP contribution in [0.4, 0.5) is 0 Å². The molecule has 0 bridgehead atoms. The smallest absolute Gasteiger partial charge is 0.270 e. The molecular formula is C15H25N3O2. The van der Waals surface area contributed by atoms with Gasteiger partial charge in [0, 0.05) is 38.5 Å². The number of ether oxygens (including phenoxy) is 1. The highest BCUT2D eigenvalue weighted by Crippen LogP contribution is 2.22. The topological polar surface area (TPSA) is 46.5 Å². The maximum Gasteiger partial charge on any atom is 0.270 e. The van der Waals surface area contributed by atoms with Crippen LogP contribution in [0.5, 0.6) is 0 Å². The number of hydrogen-bond acceptors (Lipinski definition) is 3. The van der Waals surface area contributed by atoms with Crippen LogP contribution in [0.25, 0.3) is 0 Å². The second kappa shape index (κ2) is 6.41. The fourth-order valence-corrected chi connectivity index (χ4v) is 2.61. The van der Waals surface area contributed by atoms with Gasteiger partial charge in [0.05, 0.1) is 6.61 Å². The van der Waals surface area contributed by atoms with E-state index < -0.39 is 0 Å². The number of carbonyl (C=O) groups is 1. The molecule has 5 heteroatoms. The molecule has 0 unspecified atom stereocenters. The third-order valence-electron chi connectivity index (χ3n) is 4.34. The number of nitrogens with zero attached hydrogens (tertiary/aromatic N) is 2. The Morgan fingerprint density at radius 2 is 2.15 bits per heavy atom. The zero-order valence-electron chi connectivity index (χ0n) is 12.7. The molecular weight excluding hydrogens is 254 g/mol. The molecule has 5 nitrogen and oxygen atoms in total. The summed E-state index contributed by atoms with van der Waals surface area (Å²) in [5.74, 6) is 0.129. The number of methoxy groups -OCH3 is 1. The maximum absolute atomic E-state index is 12.6. The van der Waals surface area contributed by atoms with Crippen LogP contribution in [0.15, 0.2) is 18.3 Å². The van der Waals surface area contributed by atoms with Gasteiger partial charge in [-0.25, -0.2) is 0 Å². The molecule has 0 aromatic carbocycles. The summed E-state index contributed by atoms with van der Waals surface area (Å²) in [5, 5.41) is 3.35. The first kappa shape index (κ1) is 15.1. The molecule has 1 amide bonds. The van der Waals surface area contributed by atoms with Crippen LogP contribution in [0, 0.1) is 0 Å². The Bertz CT molecular complexity index is 448. The Labute approximate surface area is 120 Å². The molecule has 0 aliphatic carbocycles. The van der Waals surface area contributed by atoms with E-state index in [9.17, 15) is 4.79 Å². The molecule has 0 spiro atoms. The second-order valence-electron chi connectivity index (χ2n) is 5.68. The number of hydrogen-bond donors (Lipinski definition) is 1. The van der Waals surface area contributed by atoms with Gasteiger partial charge in [-0.15, -0.1) is 0 Å². The minimum absolute atomic E-state index is 0.129. The maximum atomic E-state index is 12.6. The second-order valence-corrected chi connectivity index (χ2v) is 5.68. The summed E-state index contributed by atoms with van der Waals surface area (Å²) in [6, 6.07) is 3.81. The Balaban J connectivity index is 2.00. The average Bonchev–Trinajstić information content (AvgIpc) is 2.93. The summed E-state index contributed by atoms with van der Waals surface area (Å²) in [5.41, 5.74) is 0.921. The van der Waals surface area contributed by atoms with E-state index in [2.05, 4.69) is 12.2 Å². The van der Waals surface area contributed by atoms with Gasteiger partial charge in [-0.05, 0) is 38.9 Å². The predicted octanol–water partition coefficient (Wildman–Crippen LogP) is 1.35. The van der Waals surface area contributed by atoms with Gasteiger partial charge in [-0.1, -0.05) is 0 Å². The summed E-state index contributed by atoms with van der Waals surface area (Å²) in [6.07, 6.45) is 3.93. The van der Waals surface area contributed by atoms with Crippen LogP contribution in [-0.4, -0.2) is 54.8 Å². The van der Waals surface area contributed by atoms with Crippen LogP contribution in [0.2, 0.25) is 0 Å². The third-order valence-corrected chi connectivity index (χ3v) is 4.34. The molecule has 0 saturated carbocycles. The highest BCUT2D eigenvalue weighted by atomic mass is 16.5. The lowest BCUT2D eigenvalue weighted by Gasteiger charge is -2.39. The van der Waals surface area contributed by atoms with E-state index in [-0.39, 0.29) is 11.4 Å². The minimum atomic E-state index is 0.129. The van der Waals surface area contributed by atoms with E-state index in [1.165, 1.54) is 0 Å². The lowest BCUT2D eigenvalue weighted by molar-refractivity contribution is 0.0649. The minimum Gasteiger partial charge on any atom is -0.383 e. The van der Waals surface area contributed by atoms with Gasteiger partial charge in [-0.2, -0.15) is 0 Å². The zero-order chi connectivity index (χ0) is 14.6. The first-order valence-corrected chi connectivity index (χ1v) is 7.22. The molecule has 0 radical (unpaired) electrons. The van der Waals surface area contributed by atoms with Gasteiger partial charge in [0.15, 0.2) is 0 Å². The molecule has 1 fully saturated rings. The van der Waals surface area contributed by atoms with E-state index >= 15 is 0 Å². The van der Waals surface area contributed by atoms with Crippen molar-refractivity contribution in [2.45, 2.75) is 31.8 Å². The normalized spacial score (nSPS) is 18.2. The van der Waals surface area contributed by atoms with Gasteiger partial charge in [0.1, 0.15) is 5.69 Å². The fourth-order valence-electron chi connectivity index (χ4n) is 2.61. The SMILES string of the molecule is CNC1(C)CCN(C(=O)c2cccn2CCOC)CC1. The predicted molar refractivity (Wildman–Crippen MR) is 78.9 cm³/mol. The molecule has 1 saturated heterocycles. The zero-order valence-corrected chi connectivity index (χ0v) is 12.7. The number of amides is 1.